The van der Waals surface area contributed by atoms with Crippen LogP contribution < -0.4 is 10.6 Å². The number of rotatable bonds is 5. The van der Waals surface area contributed by atoms with E-state index in [9.17, 15) is 9.18 Å². The molecule has 2 aromatic rings. The maximum atomic E-state index is 12.8. The van der Waals surface area contributed by atoms with Crippen molar-refractivity contribution in [1.82, 2.24) is 0 Å². The Kier molecular flexibility index (Phi) is 5.17. The van der Waals surface area contributed by atoms with Crippen LogP contribution in [0.15, 0.2) is 42.5 Å². The van der Waals surface area contributed by atoms with Crippen molar-refractivity contribution in [3.63, 3.8) is 0 Å². The highest BCUT2D eigenvalue weighted by Gasteiger charge is 2.04. The largest absolute Gasteiger partial charge is 0.384 e. The zero-order valence-electron chi connectivity index (χ0n) is 11.6. The third kappa shape index (κ3) is 4.46. The van der Waals surface area contributed by atoms with Crippen molar-refractivity contribution >= 4 is 28.9 Å². The quantitative estimate of drug-likeness (QED) is 0.868. The molecule has 21 heavy (non-hydrogen) atoms. The molecule has 110 valence electrons. The van der Waals surface area contributed by atoms with E-state index in [1.165, 1.54) is 24.3 Å². The molecular weight excluding hydrogens is 291 g/mol. The van der Waals surface area contributed by atoms with Gasteiger partial charge in [0.05, 0.1) is 0 Å². The third-order valence-electron chi connectivity index (χ3n) is 3.06. The standard InChI is InChI=1S/C16H16ClFN2O/c1-11-14(17)3-2-4-15(11)19-10-9-16(21)20-13-7-5-12(18)6-8-13/h2-8,19H,9-10H2,1H3,(H,20,21). The molecule has 0 bridgehead atoms. The molecule has 0 saturated carbocycles. The lowest BCUT2D eigenvalue weighted by molar-refractivity contribution is -0.115. The molecule has 2 rings (SSSR count). The zero-order valence-corrected chi connectivity index (χ0v) is 12.4. The van der Waals surface area contributed by atoms with Crippen LogP contribution in [0, 0.1) is 12.7 Å². The second-order valence-electron chi connectivity index (χ2n) is 4.64. The number of halogens is 2. The van der Waals surface area contributed by atoms with Crippen LogP contribution in [0.3, 0.4) is 0 Å². The summed E-state index contributed by atoms with van der Waals surface area (Å²) in [5.41, 5.74) is 2.45. The lowest BCUT2D eigenvalue weighted by Gasteiger charge is -2.10. The van der Waals surface area contributed by atoms with Crippen molar-refractivity contribution in [2.24, 2.45) is 0 Å². The van der Waals surface area contributed by atoms with E-state index < -0.39 is 0 Å². The van der Waals surface area contributed by atoms with Crippen LogP contribution in [0.4, 0.5) is 15.8 Å². The Hall–Kier alpha value is -2.07. The maximum absolute atomic E-state index is 12.8. The molecule has 0 fully saturated rings. The molecule has 2 aromatic carbocycles. The molecule has 0 aliphatic rings. The van der Waals surface area contributed by atoms with Gasteiger partial charge < -0.3 is 10.6 Å². The molecule has 0 radical (unpaired) electrons. The van der Waals surface area contributed by atoms with Crippen LogP contribution in [0.5, 0.6) is 0 Å². The van der Waals surface area contributed by atoms with Gasteiger partial charge in [0.2, 0.25) is 5.91 Å². The lowest BCUT2D eigenvalue weighted by atomic mass is 10.2. The van der Waals surface area contributed by atoms with Crippen LogP contribution in [0.1, 0.15) is 12.0 Å². The van der Waals surface area contributed by atoms with Crippen LogP contribution in [0.2, 0.25) is 5.02 Å². The number of benzene rings is 2. The van der Waals surface area contributed by atoms with Crippen molar-refractivity contribution < 1.29 is 9.18 Å². The molecule has 0 aromatic heterocycles. The smallest absolute Gasteiger partial charge is 0.226 e. The number of nitrogens with one attached hydrogen (secondary N) is 2. The summed E-state index contributed by atoms with van der Waals surface area (Å²) in [6.07, 6.45) is 0.309. The van der Waals surface area contributed by atoms with Crippen molar-refractivity contribution in [3.8, 4) is 0 Å². The second kappa shape index (κ2) is 7.09. The number of anilines is 2. The molecule has 0 atom stereocenters. The van der Waals surface area contributed by atoms with Gasteiger partial charge in [-0.1, -0.05) is 17.7 Å². The summed E-state index contributed by atoms with van der Waals surface area (Å²) in [6.45, 7) is 2.41. The van der Waals surface area contributed by atoms with Crippen LogP contribution in [-0.2, 0) is 4.79 Å². The van der Waals surface area contributed by atoms with Gasteiger partial charge in [0.1, 0.15) is 5.82 Å². The first kappa shape index (κ1) is 15.3. The SMILES string of the molecule is Cc1c(Cl)cccc1NCCC(=O)Nc1ccc(F)cc1. The average Bonchev–Trinajstić information content (AvgIpc) is 2.46. The van der Waals surface area contributed by atoms with Crippen molar-refractivity contribution in [3.05, 3.63) is 58.9 Å². The molecule has 2 N–H and O–H groups in total. The predicted octanol–water partition coefficient (Wildman–Crippen LogP) is 4.23. The van der Waals surface area contributed by atoms with Gasteiger partial charge in [0, 0.05) is 29.4 Å². The fourth-order valence-corrected chi connectivity index (χ4v) is 2.04. The minimum Gasteiger partial charge on any atom is -0.384 e. The molecule has 0 spiro atoms. The first-order valence-corrected chi connectivity index (χ1v) is 6.98. The molecule has 0 unspecified atom stereocenters. The maximum Gasteiger partial charge on any atom is 0.226 e. The van der Waals surface area contributed by atoms with Gasteiger partial charge in [-0.05, 0) is 48.9 Å². The van der Waals surface area contributed by atoms with Crippen molar-refractivity contribution in [1.29, 1.82) is 0 Å². The lowest BCUT2D eigenvalue weighted by Crippen LogP contribution is -2.16. The van der Waals surface area contributed by atoms with E-state index in [4.69, 9.17) is 11.6 Å². The zero-order chi connectivity index (χ0) is 15.2. The number of hydrogen-bond acceptors (Lipinski definition) is 2. The van der Waals surface area contributed by atoms with E-state index in [0.29, 0.717) is 23.7 Å². The first-order chi connectivity index (χ1) is 10.1. The summed E-state index contributed by atoms with van der Waals surface area (Å²) < 4.78 is 12.8. The Morgan fingerprint density at radius 2 is 1.90 bits per heavy atom. The van der Waals surface area contributed by atoms with E-state index in [1.54, 1.807) is 0 Å². The van der Waals surface area contributed by atoms with Gasteiger partial charge in [0.15, 0.2) is 0 Å². The van der Waals surface area contributed by atoms with E-state index in [-0.39, 0.29) is 11.7 Å². The fraction of sp³-hybridized carbons (Fsp3) is 0.188. The Morgan fingerprint density at radius 1 is 1.19 bits per heavy atom. The Labute approximate surface area is 128 Å². The van der Waals surface area contributed by atoms with E-state index in [0.717, 1.165) is 11.3 Å². The highest BCUT2D eigenvalue weighted by molar-refractivity contribution is 6.31. The van der Waals surface area contributed by atoms with Gasteiger partial charge in [-0.25, -0.2) is 4.39 Å². The number of carbonyl (C=O) groups is 1. The highest BCUT2D eigenvalue weighted by Crippen LogP contribution is 2.22. The topological polar surface area (TPSA) is 41.1 Å². The van der Waals surface area contributed by atoms with Crippen LogP contribution >= 0.6 is 11.6 Å². The minimum absolute atomic E-state index is 0.131. The van der Waals surface area contributed by atoms with E-state index in [1.807, 2.05) is 25.1 Å². The summed E-state index contributed by atoms with van der Waals surface area (Å²) in [6, 6.07) is 11.3. The predicted molar refractivity (Wildman–Crippen MR) is 84.3 cm³/mol. The van der Waals surface area contributed by atoms with Crippen molar-refractivity contribution in [2.45, 2.75) is 13.3 Å². The monoisotopic (exact) mass is 306 g/mol. The normalized spacial score (nSPS) is 10.2. The molecule has 0 aliphatic carbocycles. The summed E-state index contributed by atoms with van der Waals surface area (Å²) in [5, 5.41) is 6.57. The third-order valence-corrected chi connectivity index (χ3v) is 3.47. The van der Waals surface area contributed by atoms with E-state index >= 15 is 0 Å². The molecule has 3 nitrogen and oxygen atoms in total. The Morgan fingerprint density at radius 3 is 2.62 bits per heavy atom. The minimum atomic E-state index is -0.328. The fourth-order valence-electron chi connectivity index (χ4n) is 1.87. The second-order valence-corrected chi connectivity index (χ2v) is 5.05. The molecule has 0 heterocycles. The number of carbonyl (C=O) groups excluding carboxylic acids is 1. The molecular formula is C16H16ClFN2O. The number of hydrogen-bond donors (Lipinski definition) is 2. The first-order valence-electron chi connectivity index (χ1n) is 6.60. The molecule has 5 heteroatoms. The molecule has 1 amide bonds. The summed E-state index contributed by atoms with van der Waals surface area (Å²) in [4.78, 5) is 11.8. The summed E-state index contributed by atoms with van der Waals surface area (Å²) in [5.74, 6) is -0.458. The van der Waals surface area contributed by atoms with Crippen molar-refractivity contribution in [2.75, 3.05) is 17.2 Å². The number of amides is 1. The Bertz CT molecular complexity index is 629. The highest BCUT2D eigenvalue weighted by atomic mass is 35.5. The van der Waals surface area contributed by atoms with Gasteiger partial charge in [-0.2, -0.15) is 0 Å². The van der Waals surface area contributed by atoms with E-state index in [2.05, 4.69) is 10.6 Å². The van der Waals surface area contributed by atoms with Gasteiger partial charge in [0.25, 0.3) is 0 Å². The molecule has 0 aliphatic heterocycles. The summed E-state index contributed by atoms with van der Waals surface area (Å²) in [7, 11) is 0. The molecule has 0 saturated heterocycles. The van der Waals surface area contributed by atoms with Gasteiger partial charge >= 0.3 is 0 Å². The van der Waals surface area contributed by atoms with Gasteiger partial charge in [-0.3, -0.25) is 4.79 Å². The van der Waals surface area contributed by atoms with Gasteiger partial charge in [-0.15, -0.1) is 0 Å². The summed E-state index contributed by atoms with van der Waals surface area (Å²) >= 11 is 6.03. The Balaban J connectivity index is 1.81. The van der Waals surface area contributed by atoms with Crippen LogP contribution in [0.25, 0.3) is 0 Å². The average molecular weight is 307 g/mol. The van der Waals surface area contributed by atoms with Crippen LogP contribution in [-0.4, -0.2) is 12.5 Å².